The molecular weight excluding hydrogens is 425 g/mol. The van der Waals surface area contributed by atoms with Gasteiger partial charge in [-0.3, -0.25) is 4.79 Å². The van der Waals surface area contributed by atoms with Crippen LogP contribution in [0.4, 0.5) is 4.79 Å². The highest BCUT2D eigenvalue weighted by molar-refractivity contribution is 6.67. The Morgan fingerprint density at radius 2 is 2.07 bits per heavy atom. The van der Waals surface area contributed by atoms with Crippen LogP contribution in [0.5, 0.6) is 0 Å². The molecule has 0 fully saturated rings. The monoisotopic (exact) mass is 441 g/mol. The van der Waals surface area contributed by atoms with Crippen LogP contribution in [-0.2, 0) is 22.5 Å². The molecule has 9 heteroatoms. The first-order valence-electron chi connectivity index (χ1n) is 8.84. The maximum Gasteiger partial charge on any atom is 0.410 e. The molecule has 2 N–H and O–H groups in total. The van der Waals surface area contributed by atoms with E-state index >= 15 is 0 Å². The van der Waals surface area contributed by atoms with Crippen LogP contribution in [0.3, 0.4) is 0 Å². The minimum absolute atomic E-state index is 0.110. The fraction of sp³-hybridized carbons (Fsp3) is 0.368. The van der Waals surface area contributed by atoms with Crippen molar-refractivity contribution in [1.29, 1.82) is 0 Å². The number of ether oxygens (including phenoxy) is 1. The number of hydrogen-bond acceptors (Lipinski definition) is 3. The smallest absolute Gasteiger partial charge is 0.410 e. The van der Waals surface area contributed by atoms with Gasteiger partial charge in [-0.25, -0.2) is 4.79 Å². The van der Waals surface area contributed by atoms with Gasteiger partial charge in [-0.2, -0.15) is 0 Å². The van der Waals surface area contributed by atoms with Gasteiger partial charge in [-0.1, -0.05) is 53.0 Å². The fourth-order valence-electron chi connectivity index (χ4n) is 4.12. The number of nitrogens with zero attached hydrogens (tertiary/aromatic N) is 2. The van der Waals surface area contributed by atoms with Crippen LogP contribution < -0.4 is 5.73 Å². The number of primary amides is 1. The zero-order valence-corrected chi connectivity index (χ0v) is 17.1. The van der Waals surface area contributed by atoms with Crippen LogP contribution in [0.2, 0.25) is 0 Å². The van der Waals surface area contributed by atoms with E-state index in [0.29, 0.717) is 19.4 Å². The molecule has 1 aromatic heterocycles. The molecule has 4 rings (SSSR count). The first kappa shape index (κ1) is 19.4. The molecule has 0 saturated heterocycles. The molecule has 1 aliphatic heterocycles. The fourth-order valence-corrected chi connectivity index (χ4v) is 4.28. The second-order valence-corrected chi connectivity index (χ2v) is 9.50. The minimum atomic E-state index is -1.65. The molecule has 0 spiro atoms. The summed E-state index contributed by atoms with van der Waals surface area (Å²) in [6.07, 6.45) is 4.92. The van der Waals surface area contributed by atoms with Gasteiger partial charge in [-0.05, 0) is 35.6 Å². The highest BCUT2D eigenvalue weighted by Gasteiger charge is 2.37. The van der Waals surface area contributed by atoms with E-state index in [0.717, 1.165) is 27.6 Å². The quantitative estimate of drug-likeness (QED) is 0.737. The molecule has 0 bridgehead atoms. The lowest BCUT2D eigenvalue weighted by atomic mass is 9.82. The van der Waals surface area contributed by atoms with Gasteiger partial charge in [0, 0.05) is 23.6 Å². The Hall–Kier alpha value is -1.89. The van der Waals surface area contributed by atoms with E-state index in [-0.39, 0.29) is 19.2 Å². The molecule has 0 radical (unpaired) electrons. The SMILES string of the molecule is NC(=O)Cn1cc2c3c(cccc31)C1=CCCN(C(=O)OCC(Cl)(Cl)Cl)[C@@H]1C2. The normalized spacial score (nSPS) is 18.6. The summed E-state index contributed by atoms with van der Waals surface area (Å²) < 4.78 is 5.42. The topological polar surface area (TPSA) is 77.6 Å². The van der Waals surface area contributed by atoms with E-state index in [1.54, 1.807) is 4.90 Å². The first-order chi connectivity index (χ1) is 13.2. The number of nitrogens with two attached hydrogens (primary N) is 1. The van der Waals surface area contributed by atoms with Gasteiger partial charge in [0.2, 0.25) is 9.70 Å². The second kappa shape index (κ2) is 7.17. The predicted octanol–water partition coefficient (Wildman–Crippen LogP) is 3.65. The highest BCUT2D eigenvalue weighted by Crippen LogP contribution is 2.41. The Labute approximate surface area is 176 Å². The van der Waals surface area contributed by atoms with E-state index in [1.165, 1.54) is 0 Å². The third-order valence-corrected chi connectivity index (χ3v) is 5.43. The van der Waals surface area contributed by atoms with E-state index in [1.807, 2.05) is 29.0 Å². The number of amides is 2. The number of halogens is 3. The van der Waals surface area contributed by atoms with Crippen molar-refractivity contribution in [3.8, 4) is 0 Å². The van der Waals surface area contributed by atoms with Crippen LogP contribution in [0.1, 0.15) is 17.5 Å². The summed E-state index contributed by atoms with van der Waals surface area (Å²) in [6, 6.07) is 5.79. The summed E-state index contributed by atoms with van der Waals surface area (Å²) in [5, 5.41) is 1.10. The van der Waals surface area contributed by atoms with E-state index in [9.17, 15) is 9.59 Å². The Balaban J connectivity index is 1.69. The van der Waals surface area contributed by atoms with E-state index < -0.39 is 15.8 Å². The predicted molar refractivity (Wildman–Crippen MR) is 110 cm³/mol. The third-order valence-electron chi connectivity index (χ3n) is 5.10. The molecule has 0 saturated carbocycles. The summed E-state index contributed by atoms with van der Waals surface area (Å²) in [4.78, 5) is 25.8. The Bertz CT molecular complexity index is 993. The van der Waals surface area contributed by atoms with Crippen LogP contribution in [0, 0.1) is 0 Å². The number of alkyl halides is 3. The van der Waals surface area contributed by atoms with E-state index in [2.05, 4.69) is 6.08 Å². The molecule has 2 aliphatic rings. The lowest BCUT2D eigenvalue weighted by molar-refractivity contribution is -0.118. The first-order valence-corrected chi connectivity index (χ1v) is 9.97. The van der Waals surface area contributed by atoms with Crippen molar-refractivity contribution in [2.24, 2.45) is 5.73 Å². The van der Waals surface area contributed by atoms with Crippen molar-refractivity contribution >= 4 is 63.3 Å². The number of carbonyl (C=O) groups excluding carboxylic acids is 2. The highest BCUT2D eigenvalue weighted by atomic mass is 35.6. The molecule has 1 aromatic carbocycles. The number of aromatic nitrogens is 1. The van der Waals surface area contributed by atoms with Crippen LogP contribution in [0.25, 0.3) is 16.5 Å². The standard InChI is InChI=1S/C19H18Cl3N3O3/c20-19(21,22)10-28-18(27)25-6-2-4-12-13-3-1-5-14-17(13)11(7-15(12)25)8-24(14)9-16(23)26/h1,3-5,8,15H,2,6-7,9-10H2,(H2,23,26)/t15-/m1/s1. The molecule has 148 valence electrons. The number of carbonyl (C=O) groups is 2. The Morgan fingerprint density at radius 3 is 2.79 bits per heavy atom. The molecule has 2 aromatic rings. The molecule has 28 heavy (non-hydrogen) atoms. The molecule has 6 nitrogen and oxygen atoms in total. The summed E-state index contributed by atoms with van der Waals surface area (Å²) in [7, 11) is 0. The van der Waals surface area contributed by atoms with Gasteiger partial charge in [0.25, 0.3) is 0 Å². The van der Waals surface area contributed by atoms with Crippen LogP contribution in [0.15, 0.2) is 30.5 Å². The lowest BCUT2D eigenvalue weighted by Crippen LogP contribution is -2.46. The average molecular weight is 443 g/mol. The zero-order chi connectivity index (χ0) is 20.1. The Morgan fingerprint density at radius 1 is 1.29 bits per heavy atom. The zero-order valence-electron chi connectivity index (χ0n) is 14.8. The molecule has 1 aliphatic carbocycles. The molecular formula is C19H18Cl3N3O3. The number of benzene rings is 1. The molecule has 2 amide bonds. The van der Waals surface area contributed by atoms with Gasteiger partial charge in [0.05, 0.1) is 6.04 Å². The Kier molecular flexibility index (Phi) is 4.98. The average Bonchev–Trinajstić information content (AvgIpc) is 2.97. The number of rotatable bonds is 3. The maximum atomic E-state index is 12.6. The van der Waals surface area contributed by atoms with Crippen molar-refractivity contribution in [2.75, 3.05) is 13.2 Å². The molecule has 2 heterocycles. The van der Waals surface area contributed by atoms with Gasteiger partial charge < -0.3 is 19.9 Å². The maximum absolute atomic E-state index is 12.6. The second-order valence-electron chi connectivity index (χ2n) is 6.98. The van der Waals surface area contributed by atoms with Gasteiger partial charge in [0.1, 0.15) is 13.2 Å². The largest absolute Gasteiger partial charge is 0.445 e. The summed E-state index contributed by atoms with van der Waals surface area (Å²) in [5.41, 5.74) is 9.56. The van der Waals surface area contributed by atoms with Crippen molar-refractivity contribution in [3.63, 3.8) is 0 Å². The minimum Gasteiger partial charge on any atom is -0.445 e. The van der Waals surface area contributed by atoms with Crippen LogP contribution >= 0.6 is 34.8 Å². The molecule has 0 unspecified atom stereocenters. The van der Waals surface area contributed by atoms with Gasteiger partial charge in [0.15, 0.2) is 0 Å². The van der Waals surface area contributed by atoms with Crippen molar-refractivity contribution < 1.29 is 14.3 Å². The van der Waals surface area contributed by atoms with Crippen LogP contribution in [-0.4, -0.2) is 44.5 Å². The number of hydrogen-bond donors (Lipinski definition) is 1. The summed E-state index contributed by atoms with van der Waals surface area (Å²) in [6.45, 7) is 0.327. The van der Waals surface area contributed by atoms with Crippen molar-refractivity contribution in [2.45, 2.75) is 29.2 Å². The van der Waals surface area contributed by atoms with Gasteiger partial charge >= 0.3 is 6.09 Å². The lowest BCUT2D eigenvalue weighted by Gasteiger charge is -2.38. The molecule has 1 atom stereocenters. The third kappa shape index (κ3) is 3.56. The summed E-state index contributed by atoms with van der Waals surface area (Å²) >= 11 is 17.1. The van der Waals surface area contributed by atoms with Gasteiger partial charge in [-0.15, -0.1) is 0 Å². The number of fused-ring (bicyclic) bond motifs is 2. The summed E-state index contributed by atoms with van der Waals surface area (Å²) in [5.74, 6) is -0.401. The van der Waals surface area contributed by atoms with E-state index in [4.69, 9.17) is 45.3 Å². The van der Waals surface area contributed by atoms with Crippen molar-refractivity contribution in [1.82, 2.24) is 9.47 Å². The van der Waals surface area contributed by atoms with Crippen molar-refractivity contribution in [3.05, 3.63) is 41.6 Å².